The Morgan fingerprint density at radius 1 is 1.20 bits per heavy atom. The SMILES string of the molecule is O=C(O)c1ccc(C(O)P(=O)(O)O)cc1. The van der Waals surface area contributed by atoms with E-state index in [1.54, 1.807) is 0 Å². The number of carboxylic acids is 1. The second-order valence-electron chi connectivity index (χ2n) is 2.89. The van der Waals surface area contributed by atoms with Crippen LogP contribution in [0.15, 0.2) is 24.3 Å². The summed E-state index contributed by atoms with van der Waals surface area (Å²) in [5.41, 5.74) is -0.0370. The molecule has 7 heteroatoms. The summed E-state index contributed by atoms with van der Waals surface area (Å²) in [5.74, 6) is -3.06. The number of hydrogen-bond acceptors (Lipinski definition) is 3. The molecule has 1 aromatic carbocycles. The van der Waals surface area contributed by atoms with Crippen molar-refractivity contribution >= 4 is 13.6 Å². The molecule has 0 aliphatic carbocycles. The van der Waals surface area contributed by atoms with Gasteiger partial charge in [-0.1, -0.05) is 12.1 Å². The summed E-state index contributed by atoms with van der Waals surface area (Å²) in [5, 5.41) is 17.7. The molecule has 4 N–H and O–H groups in total. The Morgan fingerprint density at radius 2 is 1.67 bits per heavy atom. The first-order chi connectivity index (χ1) is 6.82. The first-order valence-corrected chi connectivity index (χ1v) is 5.57. The number of rotatable bonds is 3. The second kappa shape index (κ2) is 4.12. The highest BCUT2D eigenvalue weighted by molar-refractivity contribution is 7.51. The molecule has 82 valence electrons. The number of carbonyl (C=O) groups is 1. The van der Waals surface area contributed by atoms with Gasteiger partial charge >= 0.3 is 13.6 Å². The van der Waals surface area contributed by atoms with E-state index in [0.29, 0.717) is 0 Å². The van der Waals surface area contributed by atoms with Crippen LogP contribution in [0.25, 0.3) is 0 Å². The minimum atomic E-state index is -4.61. The van der Waals surface area contributed by atoms with Crippen LogP contribution in [-0.4, -0.2) is 26.0 Å². The number of hydrogen-bond donors (Lipinski definition) is 4. The lowest BCUT2D eigenvalue weighted by Gasteiger charge is -2.12. The van der Waals surface area contributed by atoms with Gasteiger partial charge in [0.25, 0.3) is 0 Å². The van der Waals surface area contributed by atoms with Crippen molar-refractivity contribution < 1.29 is 29.4 Å². The van der Waals surface area contributed by atoms with Gasteiger partial charge in [0.05, 0.1) is 5.56 Å². The fourth-order valence-corrected chi connectivity index (χ4v) is 1.55. The summed E-state index contributed by atoms with van der Waals surface area (Å²) < 4.78 is 10.7. The molecule has 1 unspecified atom stereocenters. The minimum Gasteiger partial charge on any atom is -0.478 e. The van der Waals surface area contributed by atoms with Crippen molar-refractivity contribution in [2.24, 2.45) is 0 Å². The van der Waals surface area contributed by atoms with E-state index in [2.05, 4.69) is 0 Å². The van der Waals surface area contributed by atoms with Crippen LogP contribution >= 0.6 is 7.60 Å². The maximum Gasteiger partial charge on any atom is 0.358 e. The molecule has 6 nitrogen and oxygen atoms in total. The summed E-state index contributed by atoms with van der Waals surface area (Å²) in [6.45, 7) is 0. The molecule has 0 radical (unpaired) electrons. The summed E-state index contributed by atoms with van der Waals surface area (Å²) in [6.07, 6.45) is 0. The van der Waals surface area contributed by atoms with Gasteiger partial charge in [-0.2, -0.15) is 0 Å². The van der Waals surface area contributed by atoms with Crippen molar-refractivity contribution in [3.63, 3.8) is 0 Å². The number of carboxylic acid groups (broad SMARTS) is 1. The van der Waals surface area contributed by atoms with Crippen molar-refractivity contribution in [3.05, 3.63) is 35.4 Å². The lowest BCUT2D eigenvalue weighted by molar-refractivity contribution is 0.0697. The third-order valence-electron chi connectivity index (χ3n) is 1.77. The maximum atomic E-state index is 10.7. The molecular weight excluding hydrogens is 223 g/mol. The van der Waals surface area contributed by atoms with Crippen LogP contribution in [0, 0.1) is 0 Å². The molecular formula is C8H9O6P. The first kappa shape index (κ1) is 11.9. The van der Waals surface area contributed by atoms with Crippen LogP contribution in [0.2, 0.25) is 0 Å². The molecule has 0 aliphatic rings. The molecule has 0 heterocycles. The van der Waals surface area contributed by atoms with E-state index < -0.39 is 19.4 Å². The highest BCUT2D eigenvalue weighted by Crippen LogP contribution is 2.49. The van der Waals surface area contributed by atoms with Crippen LogP contribution in [0.3, 0.4) is 0 Å². The van der Waals surface area contributed by atoms with E-state index in [4.69, 9.17) is 14.9 Å². The third-order valence-corrected chi connectivity index (χ3v) is 2.71. The topological polar surface area (TPSA) is 115 Å². The van der Waals surface area contributed by atoms with E-state index in [1.807, 2.05) is 0 Å². The smallest absolute Gasteiger partial charge is 0.358 e. The Hall–Kier alpha value is -1.20. The van der Waals surface area contributed by atoms with Crippen molar-refractivity contribution in [1.82, 2.24) is 0 Å². The Labute approximate surface area is 85.0 Å². The zero-order valence-corrected chi connectivity index (χ0v) is 8.33. The zero-order chi connectivity index (χ0) is 11.6. The summed E-state index contributed by atoms with van der Waals surface area (Å²) in [7, 11) is -4.61. The van der Waals surface area contributed by atoms with Crippen molar-refractivity contribution in [2.75, 3.05) is 0 Å². The summed E-state index contributed by atoms with van der Waals surface area (Å²) in [6, 6.07) is 4.65. The molecule has 0 saturated carbocycles. The summed E-state index contributed by atoms with van der Waals surface area (Å²) in [4.78, 5) is 27.8. The van der Waals surface area contributed by atoms with Gasteiger partial charge in [-0.3, -0.25) is 4.57 Å². The maximum absolute atomic E-state index is 10.7. The molecule has 0 bridgehead atoms. The summed E-state index contributed by atoms with van der Waals surface area (Å²) >= 11 is 0. The largest absolute Gasteiger partial charge is 0.478 e. The van der Waals surface area contributed by atoms with Gasteiger partial charge in [-0.15, -0.1) is 0 Å². The first-order valence-electron chi connectivity index (χ1n) is 3.89. The highest BCUT2D eigenvalue weighted by atomic mass is 31.2. The van der Waals surface area contributed by atoms with Gasteiger partial charge in [0, 0.05) is 0 Å². The predicted molar refractivity (Wildman–Crippen MR) is 50.4 cm³/mol. The molecule has 1 aromatic rings. The van der Waals surface area contributed by atoms with E-state index >= 15 is 0 Å². The van der Waals surface area contributed by atoms with E-state index in [9.17, 15) is 14.5 Å². The molecule has 0 saturated heterocycles. The van der Waals surface area contributed by atoms with E-state index in [0.717, 1.165) is 24.3 Å². The lowest BCUT2D eigenvalue weighted by Crippen LogP contribution is -2.00. The molecule has 0 amide bonds. The normalized spacial score (nSPS) is 13.5. The standard InChI is InChI=1S/C8H9O6P/c9-7(10)5-1-3-6(4-2-5)8(11)15(12,13)14/h1-4,8,11H,(H,9,10)(H2,12,13,14). The average Bonchev–Trinajstić information content (AvgIpc) is 2.15. The molecule has 0 fully saturated rings. The number of benzene rings is 1. The predicted octanol–water partition coefficient (Wildman–Crippen LogP) is 0.553. The molecule has 15 heavy (non-hydrogen) atoms. The lowest BCUT2D eigenvalue weighted by atomic mass is 10.1. The zero-order valence-electron chi connectivity index (χ0n) is 7.44. The van der Waals surface area contributed by atoms with Gasteiger partial charge in [0.2, 0.25) is 0 Å². The fraction of sp³-hybridized carbons (Fsp3) is 0.125. The van der Waals surface area contributed by atoms with E-state index in [-0.39, 0.29) is 11.1 Å². The molecule has 1 atom stereocenters. The van der Waals surface area contributed by atoms with E-state index in [1.165, 1.54) is 0 Å². The van der Waals surface area contributed by atoms with Gasteiger partial charge in [0.15, 0.2) is 5.85 Å². The Bertz CT molecular complexity index is 406. The van der Waals surface area contributed by atoms with Crippen LogP contribution in [-0.2, 0) is 4.57 Å². The van der Waals surface area contributed by atoms with Crippen LogP contribution < -0.4 is 0 Å². The quantitative estimate of drug-likeness (QED) is 0.566. The Morgan fingerprint density at radius 3 is 2.00 bits per heavy atom. The Kier molecular flexibility index (Phi) is 3.26. The average molecular weight is 232 g/mol. The van der Waals surface area contributed by atoms with Gasteiger partial charge in [-0.05, 0) is 17.7 Å². The van der Waals surface area contributed by atoms with Crippen molar-refractivity contribution in [2.45, 2.75) is 5.85 Å². The number of aliphatic hydroxyl groups excluding tert-OH is 1. The van der Waals surface area contributed by atoms with Crippen molar-refractivity contribution in [3.8, 4) is 0 Å². The molecule has 0 aromatic heterocycles. The fourth-order valence-electron chi connectivity index (χ4n) is 0.992. The molecule has 0 aliphatic heterocycles. The van der Waals surface area contributed by atoms with Crippen LogP contribution in [0.5, 0.6) is 0 Å². The van der Waals surface area contributed by atoms with Crippen molar-refractivity contribution in [1.29, 1.82) is 0 Å². The monoisotopic (exact) mass is 232 g/mol. The highest BCUT2D eigenvalue weighted by Gasteiger charge is 2.27. The van der Waals surface area contributed by atoms with Gasteiger partial charge < -0.3 is 20.0 Å². The molecule has 1 rings (SSSR count). The Balaban J connectivity index is 2.99. The molecule has 0 spiro atoms. The van der Waals surface area contributed by atoms with Crippen LogP contribution in [0.1, 0.15) is 21.8 Å². The van der Waals surface area contributed by atoms with Gasteiger partial charge in [0.1, 0.15) is 0 Å². The second-order valence-corrected chi connectivity index (χ2v) is 4.56. The number of aliphatic hydroxyl groups is 1. The van der Waals surface area contributed by atoms with Gasteiger partial charge in [-0.25, -0.2) is 4.79 Å². The third kappa shape index (κ3) is 2.87. The minimum absolute atomic E-state index is 0.0170. The van der Waals surface area contributed by atoms with Crippen LogP contribution in [0.4, 0.5) is 0 Å². The number of aromatic carboxylic acids is 1.